The molecular weight excluding hydrogens is 204 g/mol. The van der Waals surface area contributed by atoms with Crippen LogP contribution in [0.4, 0.5) is 0 Å². The summed E-state index contributed by atoms with van der Waals surface area (Å²) in [5.74, 6) is 1.23. The molecule has 4 nitrogen and oxygen atoms in total. The van der Waals surface area contributed by atoms with Crippen molar-refractivity contribution in [1.29, 1.82) is 0 Å². The molecule has 1 aromatic heterocycles. The highest BCUT2D eigenvalue weighted by Crippen LogP contribution is 2.26. The maximum Gasteiger partial charge on any atom is 0.261 e. The summed E-state index contributed by atoms with van der Waals surface area (Å²) in [6, 6.07) is 6.94. The van der Waals surface area contributed by atoms with E-state index in [4.69, 9.17) is 4.52 Å². The molecule has 84 valence electrons. The van der Waals surface area contributed by atoms with Gasteiger partial charge in [-0.15, -0.1) is 0 Å². The molecule has 16 heavy (non-hydrogen) atoms. The van der Waals surface area contributed by atoms with Gasteiger partial charge in [-0.1, -0.05) is 30.6 Å². The molecule has 1 N–H and O–H groups in total. The van der Waals surface area contributed by atoms with Crippen molar-refractivity contribution < 1.29 is 9.63 Å². The largest absolute Gasteiger partial charge is 0.507 e. The monoisotopic (exact) mass is 218 g/mol. The first kappa shape index (κ1) is 10.7. The second kappa shape index (κ2) is 4.79. The Morgan fingerprint density at radius 1 is 1.31 bits per heavy atom. The van der Waals surface area contributed by atoms with Crippen molar-refractivity contribution in [2.75, 3.05) is 0 Å². The number of para-hydroxylation sites is 1. The van der Waals surface area contributed by atoms with E-state index in [0.717, 1.165) is 19.3 Å². The van der Waals surface area contributed by atoms with Crippen LogP contribution in [-0.4, -0.2) is 15.2 Å². The summed E-state index contributed by atoms with van der Waals surface area (Å²) >= 11 is 0. The molecule has 0 fully saturated rings. The number of nitrogens with zero attached hydrogens (tertiary/aromatic N) is 2. The highest BCUT2D eigenvalue weighted by molar-refractivity contribution is 5.61. The number of unbranched alkanes of at least 4 members (excludes halogenated alkanes) is 1. The molecule has 0 aliphatic carbocycles. The van der Waals surface area contributed by atoms with Crippen LogP contribution in [0.15, 0.2) is 28.8 Å². The number of hydrogen-bond donors (Lipinski definition) is 1. The number of phenolic OH excluding ortho intramolecular Hbond substituents is 1. The summed E-state index contributed by atoms with van der Waals surface area (Å²) in [7, 11) is 0. The average Bonchev–Trinajstić information content (AvgIpc) is 2.75. The molecule has 0 aliphatic heterocycles. The molecule has 0 saturated heterocycles. The van der Waals surface area contributed by atoms with Gasteiger partial charge in [-0.05, 0) is 18.6 Å². The minimum Gasteiger partial charge on any atom is -0.507 e. The van der Waals surface area contributed by atoms with Gasteiger partial charge in [0.2, 0.25) is 0 Å². The summed E-state index contributed by atoms with van der Waals surface area (Å²) < 4.78 is 5.11. The molecule has 0 spiro atoms. The van der Waals surface area contributed by atoms with E-state index >= 15 is 0 Å². The Morgan fingerprint density at radius 2 is 2.12 bits per heavy atom. The van der Waals surface area contributed by atoms with E-state index in [9.17, 15) is 5.11 Å². The highest BCUT2D eigenvalue weighted by Gasteiger charge is 2.11. The maximum atomic E-state index is 9.62. The number of phenols is 1. The quantitative estimate of drug-likeness (QED) is 0.857. The summed E-state index contributed by atoms with van der Waals surface area (Å²) in [6.45, 7) is 2.12. The van der Waals surface area contributed by atoms with Crippen molar-refractivity contribution in [2.45, 2.75) is 26.2 Å². The molecule has 2 rings (SSSR count). The summed E-state index contributed by atoms with van der Waals surface area (Å²) in [5, 5.41) is 13.5. The third kappa shape index (κ3) is 2.21. The summed E-state index contributed by atoms with van der Waals surface area (Å²) in [5.41, 5.74) is 0.581. The van der Waals surface area contributed by atoms with Gasteiger partial charge in [0, 0.05) is 6.42 Å². The van der Waals surface area contributed by atoms with Crippen molar-refractivity contribution in [2.24, 2.45) is 0 Å². The van der Waals surface area contributed by atoms with Gasteiger partial charge < -0.3 is 9.63 Å². The molecule has 4 heteroatoms. The van der Waals surface area contributed by atoms with Gasteiger partial charge in [-0.3, -0.25) is 0 Å². The first-order valence-electron chi connectivity index (χ1n) is 5.42. The molecule has 1 heterocycles. The Bertz CT molecular complexity index is 466. The molecule has 0 atom stereocenters. The fourth-order valence-electron chi connectivity index (χ4n) is 1.45. The number of aryl methyl sites for hydroxylation is 1. The molecule has 0 saturated carbocycles. The topological polar surface area (TPSA) is 59.2 Å². The lowest BCUT2D eigenvalue weighted by atomic mass is 10.2. The van der Waals surface area contributed by atoms with Gasteiger partial charge in [0.15, 0.2) is 5.82 Å². The number of aromatic nitrogens is 2. The Kier molecular flexibility index (Phi) is 3.19. The third-order valence-electron chi connectivity index (χ3n) is 2.36. The molecule has 0 unspecified atom stereocenters. The van der Waals surface area contributed by atoms with Crippen LogP contribution in [0.25, 0.3) is 11.5 Å². The Morgan fingerprint density at radius 3 is 2.88 bits per heavy atom. The number of hydrogen-bond acceptors (Lipinski definition) is 4. The van der Waals surface area contributed by atoms with E-state index in [1.807, 2.05) is 6.07 Å². The van der Waals surface area contributed by atoms with Gasteiger partial charge in [-0.2, -0.15) is 4.98 Å². The first-order chi connectivity index (χ1) is 7.81. The van der Waals surface area contributed by atoms with Gasteiger partial charge in [0.1, 0.15) is 5.75 Å². The van der Waals surface area contributed by atoms with Crippen molar-refractivity contribution in [3.63, 3.8) is 0 Å². The molecule has 1 aromatic carbocycles. The van der Waals surface area contributed by atoms with E-state index in [2.05, 4.69) is 17.1 Å². The zero-order chi connectivity index (χ0) is 11.4. The highest BCUT2D eigenvalue weighted by atomic mass is 16.5. The molecule has 0 bridgehead atoms. The smallest absolute Gasteiger partial charge is 0.261 e. The fraction of sp³-hybridized carbons (Fsp3) is 0.333. The van der Waals surface area contributed by atoms with Crippen LogP contribution in [0, 0.1) is 0 Å². The SMILES string of the molecule is CCCCc1noc(-c2ccccc2O)n1. The molecule has 2 aromatic rings. The van der Waals surface area contributed by atoms with Crippen LogP contribution >= 0.6 is 0 Å². The fourth-order valence-corrected chi connectivity index (χ4v) is 1.45. The van der Waals surface area contributed by atoms with Crippen LogP contribution in [-0.2, 0) is 6.42 Å². The summed E-state index contributed by atoms with van der Waals surface area (Å²) in [4.78, 5) is 4.24. The van der Waals surface area contributed by atoms with Gasteiger partial charge in [0.05, 0.1) is 5.56 Å². The van der Waals surface area contributed by atoms with Gasteiger partial charge >= 0.3 is 0 Å². The van der Waals surface area contributed by atoms with Crippen molar-refractivity contribution in [3.05, 3.63) is 30.1 Å². The first-order valence-corrected chi connectivity index (χ1v) is 5.42. The Labute approximate surface area is 93.9 Å². The predicted molar refractivity (Wildman–Crippen MR) is 60.0 cm³/mol. The molecular formula is C12H14N2O2. The molecule has 0 aliphatic rings. The second-order valence-electron chi connectivity index (χ2n) is 3.64. The van der Waals surface area contributed by atoms with Gasteiger partial charge in [-0.25, -0.2) is 0 Å². The van der Waals surface area contributed by atoms with Crippen molar-refractivity contribution in [1.82, 2.24) is 10.1 Å². The molecule has 0 amide bonds. The van der Waals surface area contributed by atoms with Crippen LogP contribution in [0.2, 0.25) is 0 Å². The van der Waals surface area contributed by atoms with E-state index in [-0.39, 0.29) is 5.75 Å². The zero-order valence-electron chi connectivity index (χ0n) is 9.18. The lowest BCUT2D eigenvalue weighted by Gasteiger charge is -1.96. The predicted octanol–water partition coefficient (Wildman–Crippen LogP) is 2.78. The van der Waals surface area contributed by atoms with E-state index in [1.54, 1.807) is 18.2 Å². The lowest BCUT2D eigenvalue weighted by molar-refractivity contribution is 0.416. The zero-order valence-corrected chi connectivity index (χ0v) is 9.18. The summed E-state index contributed by atoms with van der Waals surface area (Å²) in [6.07, 6.45) is 2.95. The molecule has 0 radical (unpaired) electrons. The van der Waals surface area contributed by atoms with Crippen LogP contribution in [0.3, 0.4) is 0 Å². The Hall–Kier alpha value is -1.84. The van der Waals surface area contributed by atoms with Gasteiger partial charge in [0.25, 0.3) is 5.89 Å². The van der Waals surface area contributed by atoms with E-state index in [0.29, 0.717) is 17.3 Å². The minimum atomic E-state index is 0.160. The van der Waals surface area contributed by atoms with Crippen LogP contribution in [0.5, 0.6) is 5.75 Å². The number of rotatable bonds is 4. The second-order valence-corrected chi connectivity index (χ2v) is 3.64. The maximum absolute atomic E-state index is 9.62. The van der Waals surface area contributed by atoms with Crippen molar-refractivity contribution in [3.8, 4) is 17.2 Å². The van der Waals surface area contributed by atoms with Crippen LogP contribution < -0.4 is 0 Å². The van der Waals surface area contributed by atoms with Crippen molar-refractivity contribution >= 4 is 0 Å². The third-order valence-corrected chi connectivity index (χ3v) is 2.36. The van der Waals surface area contributed by atoms with Crippen LogP contribution in [0.1, 0.15) is 25.6 Å². The average molecular weight is 218 g/mol. The normalized spacial score (nSPS) is 10.6. The number of aromatic hydroxyl groups is 1. The standard InChI is InChI=1S/C12H14N2O2/c1-2-3-8-11-13-12(16-14-11)9-6-4-5-7-10(9)15/h4-7,15H,2-3,8H2,1H3. The Balaban J connectivity index is 2.22. The lowest BCUT2D eigenvalue weighted by Crippen LogP contribution is -1.87. The number of benzene rings is 1. The van der Waals surface area contributed by atoms with E-state index in [1.165, 1.54) is 0 Å². The minimum absolute atomic E-state index is 0.160. The van der Waals surface area contributed by atoms with E-state index < -0.39 is 0 Å².